The Morgan fingerprint density at radius 3 is 2.71 bits per heavy atom. The highest BCUT2D eigenvalue weighted by Gasteiger charge is 2.37. The van der Waals surface area contributed by atoms with Gasteiger partial charge in [0.25, 0.3) is 0 Å². The average Bonchev–Trinajstić information content (AvgIpc) is 3.02. The van der Waals surface area contributed by atoms with Crippen LogP contribution in [0.4, 0.5) is 0 Å². The van der Waals surface area contributed by atoms with Gasteiger partial charge in [-0.1, -0.05) is 6.92 Å². The van der Waals surface area contributed by atoms with Crippen LogP contribution >= 0.6 is 12.4 Å². The largest absolute Gasteiger partial charge is 0.468 e. The highest BCUT2D eigenvalue weighted by Crippen LogP contribution is 2.32. The van der Waals surface area contributed by atoms with Crippen molar-refractivity contribution in [2.75, 3.05) is 33.3 Å². The fourth-order valence-corrected chi connectivity index (χ4v) is 2.48. The van der Waals surface area contributed by atoms with Crippen LogP contribution in [0.2, 0.25) is 0 Å². The van der Waals surface area contributed by atoms with Crippen LogP contribution in [0.1, 0.15) is 26.2 Å². The second-order valence-corrected chi connectivity index (χ2v) is 5.45. The number of hydrogen-bond acceptors (Lipinski definition) is 4. The Bertz CT molecular complexity index is 263. The summed E-state index contributed by atoms with van der Waals surface area (Å²) < 4.78 is 4.76. The van der Waals surface area contributed by atoms with E-state index in [1.54, 1.807) is 0 Å². The zero-order valence-electron chi connectivity index (χ0n) is 10.7. The van der Waals surface area contributed by atoms with Gasteiger partial charge < -0.3 is 10.1 Å². The van der Waals surface area contributed by atoms with Gasteiger partial charge in [-0.15, -0.1) is 12.4 Å². The highest BCUT2D eigenvalue weighted by atomic mass is 35.5. The van der Waals surface area contributed by atoms with Gasteiger partial charge in [0.1, 0.15) is 0 Å². The van der Waals surface area contributed by atoms with E-state index in [9.17, 15) is 4.79 Å². The van der Waals surface area contributed by atoms with Crippen LogP contribution in [0.5, 0.6) is 0 Å². The minimum Gasteiger partial charge on any atom is -0.468 e. The number of nitrogens with one attached hydrogen (secondary N) is 1. The summed E-state index contributed by atoms with van der Waals surface area (Å²) >= 11 is 0. The summed E-state index contributed by atoms with van der Waals surface area (Å²) in [6, 6.07) is 0.622. The van der Waals surface area contributed by atoms with Crippen molar-refractivity contribution in [3.8, 4) is 0 Å². The van der Waals surface area contributed by atoms with Crippen molar-refractivity contribution in [1.29, 1.82) is 0 Å². The molecule has 1 saturated carbocycles. The Labute approximate surface area is 109 Å². The molecule has 1 N–H and O–H groups in total. The molecule has 2 fully saturated rings. The van der Waals surface area contributed by atoms with Crippen LogP contribution in [0.25, 0.3) is 0 Å². The summed E-state index contributed by atoms with van der Waals surface area (Å²) in [5.41, 5.74) is 0.330. The lowest BCUT2D eigenvalue weighted by Crippen LogP contribution is -2.41. The predicted molar refractivity (Wildman–Crippen MR) is 69.5 cm³/mol. The number of hydrogen-bond donors (Lipinski definition) is 1. The van der Waals surface area contributed by atoms with Crippen molar-refractivity contribution in [1.82, 2.24) is 10.2 Å². The molecule has 1 saturated heterocycles. The molecule has 0 radical (unpaired) electrons. The zero-order valence-corrected chi connectivity index (χ0v) is 11.5. The first kappa shape index (κ1) is 14.7. The van der Waals surface area contributed by atoms with Crippen LogP contribution in [0.15, 0.2) is 0 Å². The van der Waals surface area contributed by atoms with E-state index >= 15 is 0 Å². The van der Waals surface area contributed by atoms with Crippen LogP contribution in [-0.2, 0) is 9.53 Å². The topological polar surface area (TPSA) is 41.6 Å². The van der Waals surface area contributed by atoms with Gasteiger partial charge in [0.2, 0.25) is 0 Å². The lowest BCUT2D eigenvalue weighted by Gasteiger charge is -2.31. The first-order chi connectivity index (χ1) is 7.63. The molecule has 2 rings (SSSR count). The quantitative estimate of drug-likeness (QED) is 0.752. The first-order valence-electron chi connectivity index (χ1n) is 6.14. The van der Waals surface area contributed by atoms with Crippen LogP contribution in [-0.4, -0.2) is 50.2 Å². The minimum absolute atomic E-state index is 0. The van der Waals surface area contributed by atoms with E-state index in [2.05, 4.69) is 17.1 Å². The average molecular weight is 263 g/mol. The van der Waals surface area contributed by atoms with Crippen molar-refractivity contribution >= 4 is 18.4 Å². The maximum atomic E-state index is 11.4. The molecule has 0 amide bonds. The molecule has 1 aliphatic heterocycles. The SMILES string of the molecule is COC(=O)CN(CC1(C)CCNC1)C1CC1.Cl. The second kappa shape index (κ2) is 6.03. The van der Waals surface area contributed by atoms with E-state index in [0.717, 1.165) is 19.6 Å². The third kappa shape index (κ3) is 4.12. The highest BCUT2D eigenvalue weighted by molar-refractivity contribution is 5.85. The van der Waals surface area contributed by atoms with Gasteiger partial charge in [-0.25, -0.2) is 0 Å². The van der Waals surface area contributed by atoms with Gasteiger partial charge in [-0.3, -0.25) is 9.69 Å². The van der Waals surface area contributed by atoms with E-state index in [1.807, 2.05) is 0 Å². The number of ether oxygens (including phenoxy) is 1. The van der Waals surface area contributed by atoms with Gasteiger partial charge in [0.15, 0.2) is 0 Å². The molecule has 0 aromatic rings. The van der Waals surface area contributed by atoms with E-state index in [0.29, 0.717) is 18.0 Å². The number of carbonyl (C=O) groups is 1. The van der Waals surface area contributed by atoms with Crippen molar-refractivity contribution in [3.05, 3.63) is 0 Å². The van der Waals surface area contributed by atoms with Crippen molar-refractivity contribution in [2.24, 2.45) is 5.41 Å². The Balaban J connectivity index is 0.00000144. The van der Waals surface area contributed by atoms with E-state index < -0.39 is 0 Å². The van der Waals surface area contributed by atoms with Crippen LogP contribution < -0.4 is 5.32 Å². The Morgan fingerprint density at radius 1 is 1.53 bits per heavy atom. The van der Waals surface area contributed by atoms with Crippen LogP contribution in [0.3, 0.4) is 0 Å². The molecule has 0 aromatic carbocycles. The number of methoxy groups -OCH3 is 1. The summed E-state index contributed by atoms with van der Waals surface area (Å²) in [4.78, 5) is 13.7. The molecule has 100 valence electrons. The molecule has 1 atom stereocenters. The molecule has 0 aromatic heterocycles. The molecular formula is C12H23ClN2O2. The van der Waals surface area contributed by atoms with Gasteiger partial charge >= 0.3 is 5.97 Å². The lowest BCUT2D eigenvalue weighted by atomic mass is 9.89. The molecule has 1 heterocycles. The van der Waals surface area contributed by atoms with Crippen molar-refractivity contribution in [2.45, 2.75) is 32.2 Å². The maximum absolute atomic E-state index is 11.4. The molecule has 0 bridgehead atoms. The summed E-state index contributed by atoms with van der Waals surface area (Å²) in [5, 5.41) is 3.40. The number of halogens is 1. The van der Waals surface area contributed by atoms with E-state index in [4.69, 9.17) is 4.74 Å². The molecule has 2 aliphatic rings. The summed E-state index contributed by atoms with van der Waals surface area (Å²) in [5.74, 6) is -0.110. The molecule has 1 aliphatic carbocycles. The molecule has 5 heteroatoms. The van der Waals surface area contributed by atoms with Crippen molar-refractivity contribution in [3.63, 3.8) is 0 Å². The van der Waals surface area contributed by atoms with Gasteiger partial charge in [-0.2, -0.15) is 0 Å². The molecular weight excluding hydrogens is 240 g/mol. The molecule has 4 nitrogen and oxygen atoms in total. The zero-order chi connectivity index (χ0) is 11.6. The lowest BCUT2D eigenvalue weighted by molar-refractivity contribution is -0.142. The van der Waals surface area contributed by atoms with Gasteiger partial charge in [0, 0.05) is 19.1 Å². The number of esters is 1. The van der Waals surface area contributed by atoms with Gasteiger partial charge in [-0.05, 0) is 31.2 Å². The summed E-state index contributed by atoms with van der Waals surface area (Å²) in [6.45, 7) is 5.95. The Morgan fingerprint density at radius 2 is 2.24 bits per heavy atom. The smallest absolute Gasteiger partial charge is 0.319 e. The van der Waals surface area contributed by atoms with E-state index in [-0.39, 0.29) is 18.4 Å². The number of carbonyl (C=O) groups excluding carboxylic acids is 1. The minimum atomic E-state index is -0.110. The first-order valence-corrected chi connectivity index (χ1v) is 6.14. The Hall–Kier alpha value is -0.320. The third-order valence-electron chi connectivity index (χ3n) is 3.67. The fourth-order valence-electron chi connectivity index (χ4n) is 2.48. The third-order valence-corrected chi connectivity index (χ3v) is 3.67. The molecule has 17 heavy (non-hydrogen) atoms. The van der Waals surface area contributed by atoms with Crippen molar-refractivity contribution < 1.29 is 9.53 Å². The number of nitrogens with zero attached hydrogens (tertiary/aromatic N) is 1. The normalized spacial score (nSPS) is 27.9. The van der Waals surface area contributed by atoms with Crippen LogP contribution in [0, 0.1) is 5.41 Å². The molecule has 1 unspecified atom stereocenters. The predicted octanol–water partition coefficient (Wildman–Crippen LogP) is 1.05. The summed E-state index contributed by atoms with van der Waals surface area (Å²) in [6.07, 6.45) is 3.68. The van der Waals surface area contributed by atoms with Gasteiger partial charge in [0.05, 0.1) is 13.7 Å². The number of rotatable bonds is 5. The fraction of sp³-hybridized carbons (Fsp3) is 0.917. The monoisotopic (exact) mass is 262 g/mol. The summed E-state index contributed by atoms with van der Waals surface area (Å²) in [7, 11) is 1.46. The second-order valence-electron chi connectivity index (χ2n) is 5.45. The molecule has 0 spiro atoms. The van der Waals surface area contributed by atoms with E-state index in [1.165, 1.54) is 26.4 Å². The maximum Gasteiger partial charge on any atom is 0.319 e. The standard InChI is InChI=1S/C12H22N2O2.ClH/c1-12(5-6-13-8-12)9-14(10-3-4-10)7-11(15)16-2;/h10,13H,3-9H2,1-2H3;1H. The Kier molecular flexibility index (Phi) is 5.22.